The molecule has 1 unspecified atom stereocenters. The Bertz CT molecular complexity index is 1070. The fourth-order valence-electron chi connectivity index (χ4n) is 3.77. The van der Waals surface area contributed by atoms with Gasteiger partial charge in [-0.25, -0.2) is 4.79 Å². The van der Waals surface area contributed by atoms with Gasteiger partial charge in [-0.05, 0) is 49.2 Å². The zero-order chi connectivity index (χ0) is 23.4. The zero-order valence-electron chi connectivity index (χ0n) is 18.7. The Kier molecular flexibility index (Phi) is 6.39. The van der Waals surface area contributed by atoms with Crippen LogP contribution in [0.2, 0.25) is 0 Å². The van der Waals surface area contributed by atoms with Crippen LogP contribution in [0.3, 0.4) is 0 Å². The van der Waals surface area contributed by atoms with Crippen LogP contribution in [-0.2, 0) is 15.1 Å². The molecule has 2 aliphatic rings. The van der Waals surface area contributed by atoms with Crippen molar-refractivity contribution in [3.63, 3.8) is 0 Å². The van der Waals surface area contributed by atoms with Crippen LogP contribution in [0.5, 0.6) is 17.2 Å². The van der Waals surface area contributed by atoms with Gasteiger partial charge in [0, 0.05) is 6.42 Å². The van der Waals surface area contributed by atoms with Gasteiger partial charge in [0.15, 0.2) is 11.5 Å². The molecule has 0 bridgehead atoms. The molecule has 0 radical (unpaired) electrons. The summed E-state index contributed by atoms with van der Waals surface area (Å²) in [5.41, 5.74) is 0.322. The molecule has 0 saturated carbocycles. The molecule has 0 aromatic heterocycles. The molecule has 9 heteroatoms. The molecule has 1 fully saturated rings. The Morgan fingerprint density at radius 2 is 1.94 bits per heavy atom. The first-order valence-corrected chi connectivity index (χ1v) is 10.9. The van der Waals surface area contributed by atoms with Crippen molar-refractivity contribution in [1.29, 1.82) is 0 Å². The van der Waals surface area contributed by atoms with Crippen molar-refractivity contribution in [2.75, 3.05) is 32.9 Å². The van der Waals surface area contributed by atoms with E-state index >= 15 is 0 Å². The normalized spacial score (nSPS) is 19.6. The van der Waals surface area contributed by atoms with Gasteiger partial charge in [0.1, 0.15) is 24.4 Å². The van der Waals surface area contributed by atoms with E-state index in [1.165, 1.54) is 0 Å². The van der Waals surface area contributed by atoms with Crippen molar-refractivity contribution in [2.45, 2.75) is 25.8 Å². The van der Waals surface area contributed by atoms with Gasteiger partial charge in [0.25, 0.3) is 5.91 Å². The average Bonchev–Trinajstić information content (AvgIpc) is 2.95. The van der Waals surface area contributed by atoms with Crippen LogP contribution in [0.4, 0.5) is 4.79 Å². The number of aryl methyl sites for hydroxylation is 1. The largest absolute Gasteiger partial charge is 0.492 e. The summed E-state index contributed by atoms with van der Waals surface area (Å²) in [5, 5.41) is 5.38. The zero-order valence-corrected chi connectivity index (χ0v) is 18.7. The second-order valence-electron chi connectivity index (χ2n) is 8.17. The van der Waals surface area contributed by atoms with Crippen LogP contribution in [0.1, 0.15) is 24.5 Å². The molecule has 2 N–H and O–H groups in total. The second-order valence-corrected chi connectivity index (χ2v) is 8.17. The number of fused-ring (bicyclic) bond motifs is 1. The van der Waals surface area contributed by atoms with E-state index in [-0.39, 0.29) is 19.7 Å². The third kappa shape index (κ3) is 4.87. The van der Waals surface area contributed by atoms with Gasteiger partial charge < -0.3 is 24.8 Å². The molecule has 0 aliphatic carbocycles. The molecule has 33 heavy (non-hydrogen) atoms. The minimum absolute atomic E-state index is 0.246. The highest BCUT2D eigenvalue weighted by Crippen LogP contribution is 2.36. The van der Waals surface area contributed by atoms with E-state index in [0.29, 0.717) is 36.0 Å². The number of hydrogen-bond donors (Lipinski definition) is 2. The van der Waals surface area contributed by atoms with Crippen molar-refractivity contribution in [3.05, 3.63) is 53.6 Å². The molecule has 0 spiro atoms. The molecular weight excluding hydrogens is 426 g/mol. The molecule has 1 atom stereocenters. The summed E-state index contributed by atoms with van der Waals surface area (Å²) >= 11 is 0. The third-order valence-electron chi connectivity index (χ3n) is 5.58. The number of urea groups is 1. The maximum absolute atomic E-state index is 13.1. The van der Waals surface area contributed by atoms with E-state index in [1.54, 1.807) is 25.1 Å². The van der Waals surface area contributed by atoms with Gasteiger partial charge in [-0.2, -0.15) is 0 Å². The van der Waals surface area contributed by atoms with E-state index in [1.807, 2.05) is 31.2 Å². The number of ether oxygens (including phenoxy) is 3. The van der Waals surface area contributed by atoms with Crippen molar-refractivity contribution >= 4 is 17.8 Å². The first kappa shape index (κ1) is 22.4. The SMILES string of the molecule is Cc1cccc(OCCNC(=O)CN2C(=O)NC(C)(c3ccc4c(c3)OCCCO4)C2=O)c1. The van der Waals surface area contributed by atoms with E-state index in [4.69, 9.17) is 14.2 Å². The summed E-state index contributed by atoms with van der Waals surface area (Å²) in [7, 11) is 0. The Morgan fingerprint density at radius 1 is 1.15 bits per heavy atom. The fraction of sp³-hybridized carbons (Fsp3) is 0.375. The summed E-state index contributed by atoms with van der Waals surface area (Å²) in [4.78, 5) is 38.9. The van der Waals surface area contributed by atoms with Gasteiger partial charge in [-0.3, -0.25) is 14.5 Å². The van der Waals surface area contributed by atoms with Crippen molar-refractivity contribution in [3.8, 4) is 17.2 Å². The Hall–Kier alpha value is -3.75. The number of nitrogens with one attached hydrogen (secondary N) is 2. The molecule has 2 aromatic rings. The minimum atomic E-state index is -1.31. The molecule has 2 aromatic carbocycles. The number of nitrogens with zero attached hydrogens (tertiary/aromatic N) is 1. The number of hydrogen-bond acceptors (Lipinski definition) is 6. The Morgan fingerprint density at radius 3 is 2.73 bits per heavy atom. The van der Waals surface area contributed by atoms with E-state index in [9.17, 15) is 14.4 Å². The lowest BCUT2D eigenvalue weighted by Gasteiger charge is -2.23. The quantitative estimate of drug-likeness (QED) is 0.491. The molecule has 4 rings (SSSR count). The number of carbonyl (C=O) groups excluding carboxylic acids is 3. The van der Waals surface area contributed by atoms with Crippen LogP contribution >= 0.6 is 0 Å². The van der Waals surface area contributed by atoms with Crippen LogP contribution in [0, 0.1) is 6.92 Å². The Balaban J connectivity index is 1.34. The summed E-state index contributed by atoms with van der Waals surface area (Å²) in [6, 6.07) is 12.1. The van der Waals surface area contributed by atoms with Gasteiger partial charge in [-0.1, -0.05) is 18.2 Å². The summed E-state index contributed by atoms with van der Waals surface area (Å²) in [6.07, 6.45) is 0.760. The lowest BCUT2D eigenvalue weighted by atomic mass is 9.91. The smallest absolute Gasteiger partial charge is 0.325 e. The van der Waals surface area contributed by atoms with Crippen molar-refractivity contribution < 1.29 is 28.6 Å². The lowest BCUT2D eigenvalue weighted by molar-refractivity contribution is -0.134. The monoisotopic (exact) mass is 453 g/mol. The molecule has 174 valence electrons. The number of rotatable bonds is 7. The van der Waals surface area contributed by atoms with Crippen LogP contribution in [0.25, 0.3) is 0 Å². The standard InChI is InChI=1S/C24H27N3O6/c1-16-5-3-6-18(13-16)31-12-9-25-21(28)15-27-22(29)24(2,26-23(27)30)17-7-8-19-20(14-17)33-11-4-10-32-19/h3,5-8,13-14H,4,9-12,15H2,1-2H3,(H,25,28)(H,26,30). The summed E-state index contributed by atoms with van der Waals surface area (Å²) in [5.74, 6) is 0.880. The van der Waals surface area contributed by atoms with E-state index in [0.717, 1.165) is 16.9 Å². The van der Waals surface area contributed by atoms with Gasteiger partial charge in [0.05, 0.1) is 19.8 Å². The highest BCUT2D eigenvalue weighted by Gasteiger charge is 2.49. The molecule has 9 nitrogen and oxygen atoms in total. The Labute approximate surface area is 192 Å². The second kappa shape index (κ2) is 9.40. The highest BCUT2D eigenvalue weighted by atomic mass is 16.5. The predicted octanol–water partition coefficient (Wildman–Crippen LogP) is 2.12. The van der Waals surface area contributed by atoms with E-state index < -0.39 is 23.4 Å². The molecule has 1 saturated heterocycles. The molecular formula is C24H27N3O6. The fourth-order valence-corrected chi connectivity index (χ4v) is 3.77. The highest BCUT2D eigenvalue weighted by molar-refractivity contribution is 6.09. The number of amides is 4. The van der Waals surface area contributed by atoms with Gasteiger partial charge >= 0.3 is 6.03 Å². The topological polar surface area (TPSA) is 106 Å². The first-order valence-electron chi connectivity index (χ1n) is 10.9. The molecule has 2 aliphatic heterocycles. The maximum Gasteiger partial charge on any atom is 0.325 e. The van der Waals surface area contributed by atoms with Crippen molar-refractivity contribution in [2.24, 2.45) is 0 Å². The first-order chi connectivity index (χ1) is 15.9. The van der Waals surface area contributed by atoms with E-state index in [2.05, 4.69) is 10.6 Å². The van der Waals surface area contributed by atoms with Crippen molar-refractivity contribution in [1.82, 2.24) is 15.5 Å². The summed E-state index contributed by atoms with van der Waals surface area (Å²) < 4.78 is 16.9. The maximum atomic E-state index is 13.1. The number of imide groups is 1. The summed E-state index contributed by atoms with van der Waals surface area (Å²) in [6.45, 7) is 4.77. The van der Waals surface area contributed by atoms with Crippen LogP contribution < -0.4 is 24.8 Å². The minimum Gasteiger partial charge on any atom is -0.492 e. The van der Waals surface area contributed by atoms with Crippen LogP contribution in [0.15, 0.2) is 42.5 Å². The van der Waals surface area contributed by atoms with Gasteiger partial charge in [0.2, 0.25) is 5.91 Å². The van der Waals surface area contributed by atoms with Crippen LogP contribution in [-0.4, -0.2) is 55.7 Å². The van der Waals surface area contributed by atoms with Gasteiger partial charge in [-0.15, -0.1) is 0 Å². The number of carbonyl (C=O) groups is 3. The average molecular weight is 453 g/mol. The third-order valence-corrected chi connectivity index (χ3v) is 5.58. The predicted molar refractivity (Wildman–Crippen MR) is 119 cm³/mol. The number of benzene rings is 2. The molecule has 2 heterocycles. The lowest BCUT2D eigenvalue weighted by Crippen LogP contribution is -2.43. The molecule has 4 amide bonds.